The number of alkyl halides is 3. The molecule has 2 aromatic carbocycles. The largest absolute Gasteiger partial charge is 0.418 e. The van der Waals surface area contributed by atoms with E-state index in [0.717, 1.165) is 6.07 Å². The van der Waals surface area contributed by atoms with Crippen molar-refractivity contribution in [2.24, 2.45) is 0 Å². The van der Waals surface area contributed by atoms with Crippen molar-refractivity contribution < 1.29 is 22.8 Å². The summed E-state index contributed by atoms with van der Waals surface area (Å²) in [6, 6.07) is 13.7. The summed E-state index contributed by atoms with van der Waals surface area (Å²) in [5.74, 6) is -0.798. The van der Waals surface area contributed by atoms with Crippen LogP contribution in [0.5, 0.6) is 0 Å². The minimum atomic E-state index is -4.55. The van der Waals surface area contributed by atoms with Crippen molar-refractivity contribution in [1.82, 2.24) is 4.90 Å². The molecule has 0 radical (unpaired) electrons. The standard InChI is InChI=1S/C19H20F3N3O2/c1-25(12-11-17(26)23-14-7-3-2-4-8-14)13-18(27)24-16-10-6-5-9-15(16)19(20,21)22/h2-10H,11-13H2,1H3,(H,23,26)(H,24,27). The molecule has 0 heterocycles. The number of amides is 2. The van der Waals surface area contributed by atoms with Crippen molar-refractivity contribution >= 4 is 23.2 Å². The first-order chi connectivity index (χ1) is 12.8. The third-order valence-electron chi connectivity index (χ3n) is 3.70. The molecule has 2 aromatic rings. The number of benzene rings is 2. The number of halogens is 3. The summed E-state index contributed by atoms with van der Waals surface area (Å²) in [6.45, 7) is 0.151. The molecule has 0 atom stereocenters. The van der Waals surface area contributed by atoms with Gasteiger partial charge in [0.2, 0.25) is 11.8 Å². The van der Waals surface area contributed by atoms with Crippen LogP contribution in [0.4, 0.5) is 24.5 Å². The molecule has 0 spiro atoms. The van der Waals surface area contributed by atoms with Crippen LogP contribution in [-0.2, 0) is 15.8 Å². The second-order valence-electron chi connectivity index (χ2n) is 5.99. The molecule has 0 saturated heterocycles. The highest BCUT2D eigenvalue weighted by molar-refractivity contribution is 5.93. The van der Waals surface area contributed by atoms with E-state index in [2.05, 4.69) is 10.6 Å². The first kappa shape index (κ1) is 20.4. The maximum Gasteiger partial charge on any atom is 0.418 e. The fourth-order valence-corrected chi connectivity index (χ4v) is 2.39. The summed E-state index contributed by atoms with van der Waals surface area (Å²) < 4.78 is 38.8. The Kier molecular flexibility index (Phi) is 6.95. The maximum atomic E-state index is 12.9. The number of para-hydroxylation sites is 2. The van der Waals surface area contributed by atoms with E-state index < -0.39 is 17.6 Å². The number of hydrogen-bond acceptors (Lipinski definition) is 3. The van der Waals surface area contributed by atoms with Gasteiger partial charge in [0.25, 0.3) is 0 Å². The molecule has 27 heavy (non-hydrogen) atoms. The van der Waals surface area contributed by atoms with Gasteiger partial charge >= 0.3 is 6.18 Å². The summed E-state index contributed by atoms with van der Waals surface area (Å²) >= 11 is 0. The lowest BCUT2D eigenvalue weighted by Crippen LogP contribution is -2.33. The van der Waals surface area contributed by atoms with Gasteiger partial charge in [-0.15, -0.1) is 0 Å². The minimum absolute atomic E-state index is 0.134. The third kappa shape index (κ3) is 6.74. The SMILES string of the molecule is CN(CCC(=O)Nc1ccccc1)CC(=O)Nc1ccccc1C(F)(F)F. The van der Waals surface area contributed by atoms with Gasteiger partial charge in [-0.25, -0.2) is 0 Å². The molecule has 0 aliphatic heterocycles. The van der Waals surface area contributed by atoms with Crippen LogP contribution < -0.4 is 10.6 Å². The number of anilines is 2. The number of likely N-dealkylation sites (N-methyl/N-ethyl adjacent to an activating group) is 1. The van der Waals surface area contributed by atoms with E-state index in [1.807, 2.05) is 6.07 Å². The first-order valence-electron chi connectivity index (χ1n) is 8.25. The van der Waals surface area contributed by atoms with E-state index in [1.54, 1.807) is 36.2 Å². The second-order valence-corrected chi connectivity index (χ2v) is 5.99. The van der Waals surface area contributed by atoms with Crippen LogP contribution in [0.3, 0.4) is 0 Å². The molecule has 144 valence electrons. The Bertz CT molecular complexity index is 779. The Hall–Kier alpha value is -2.87. The Morgan fingerprint density at radius 3 is 2.22 bits per heavy atom. The van der Waals surface area contributed by atoms with Gasteiger partial charge in [0.1, 0.15) is 0 Å². The summed E-state index contributed by atoms with van der Waals surface area (Å²) in [6.07, 6.45) is -4.40. The topological polar surface area (TPSA) is 61.4 Å². The van der Waals surface area contributed by atoms with E-state index in [-0.39, 0.29) is 31.1 Å². The van der Waals surface area contributed by atoms with Crippen molar-refractivity contribution in [3.63, 3.8) is 0 Å². The van der Waals surface area contributed by atoms with E-state index in [9.17, 15) is 22.8 Å². The van der Waals surface area contributed by atoms with E-state index in [0.29, 0.717) is 5.69 Å². The molecule has 0 saturated carbocycles. The third-order valence-corrected chi connectivity index (χ3v) is 3.70. The monoisotopic (exact) mass is 379 g/mol. The molecule has 2 N–H and O–H groups in total. The van der Waals surface area contributed by atoms with E-state index in [1.165, 1.54) is 18.2 Å². The lowest BCUT2D eigenvalue weighted by Gasteiger charge is -2.18. The average Bonchev–Trinajstić information content (AvgIpc) is 2.60. The smallest absolute Gasteiger partial charge is 0.326 e. The van der Waals surface area contributed by atoms with Gasteiger partial charge in [0.15, 0.2) is 0 Å². The molecule has 8 heteroatoms. The zero-order chi connectivity index (χ0) is 19.9. The number of nitrogens with zero attached hydrogens (tertiary/aromatic N) is 1. The molecule has 5 nitrogen and oxygen atoms in total. The highest BCUT2D eigenvalue weighted by Gasteiger charge is 2.33. The fraction of sp³-hybridized carbons (Fsp3) is 0.263. The van der Waals surface area contributed by atoms with Crippen LogP contribution in [0.15, 0.2) is 54.6 Å². The molecule has 0 aromatic heterocycles. The van der Waals surface area contributed by atoms with Gasteiger partial charge in [-0.2, -0.15) is 13.2 Å². The Morgan fingerprint density at radius 1 is 0.926 bits per heavy atom. The second kappa shape index (κ2) is 9.18. The number of nitrogens with one attached hydrogen (secondary N) is 2. The van der Waals surface area contributed by atoms with Gasteiger partial charge in [-0.3, -0.25) is 14.5 Å². The van der Waals surface area contributed by atoms with Gasteiger partial charge in [0.05, 0.1) is 17.8 Å². The van der Waals surface area contributed by atoms with Crippen LogP contribution >= 0.6 is 0 Å². The van der Waals surface area contributed by atoms with Crippen LogP contribution in [0, 0.1) is 0 Å². The van der Waals surface area contributed by atoms with Crippen molar-refractivity contribution in [1.29, 1.82) is 0 Å². The molecule has 0 aliphatic rings. The number of carbonyl (C=O) groups excluding carboxylic acids is 2. The Balaban J connectivity index is 1.81. The molecular formula is C19H20F3N3O2. The fourth-order valence-electron chi connectivity index (χ4n) is 2.39. The summed E-state index contributed by atoms with van der Waals surface area (Å²) in [4.78, 5) is 25.5. The summed E-state index contributed by atoms with van der Waals surface area (Å²) in [7, 11) is 1.62. The highest BCUT2D eigenvalue weighted by atomic mass is 19.4. The van der Waals surface area contributed by atoms with Gasteiger partial charge in [0, 0.05) is 18.7 Å². The van der Waals surface area contributed by atoms with E-state index >= 15 is 0 Å². The zero-order valence-electron chi connectivity index (χ0n) is 14.7. The van der Waals surface area contributed by atoms with Crippen LogP contribution in [0.25, 0.3) is 0 Å². The quantitative estimate of drug-likeness (QED) is 0.773. The van der Waals surface area contributed by atoms with Gasteiger partial charge < -0.3 is 10.6 Å². The number of hydrogen-bond donors (Lipinski definition) is 2. The Morgan fingerprint density at radius 2 is 1.56 bits per heavy atom. The maximum absolute atomic E-state index is 12.9. The molecule has 0 fully saturated rings. The Labute approximate surface area is 155 Å². The van der Waals surface area contributed by atoms with Crippen LogP contribution in [0.2, 0.25) is 0 Å². The minimum Gasteiger partial charge on any atom is -0.326 e. The van der Waals surface area contributed by atoms with Gasteiger partial charge in [-0.1, -0.05) is 30.3 Å². The molecule has 0 bridgehead atoms. The lowest BCUT2D eigenvalue weighted by atomic mass is 10.1. The normalized spacial score (nSPS) is 11.3. The van der Waals surface area contributed by atoms with E-state index in [4.69, 9.17) is 0 Å². The molecule has 0 unspecified atom stereocenters. The zero-order valence-corrected chi connectivity index (χ0v) is 14.7. The first-order valence-corrected chi connectivity index (χ1v) is 8.25. The average molecular weight is 379 g/mol. The summed E-state index contributed by atoms with van der Waals surface area (Å²) in [5, 5.41) is 5.00. The van der Waals surface area contributed by atoms with Crippen molar-refractivity contribution in [3.8, 4) is 0 Å². The number of rotatable bonds is 7. The van der Waals surface area contributed by atoms with Crippen LogP contribution in [-0.4, -0.2) is 36.9 Å². The van der Waals surface area contributed by atoms with Crippen molar-refractivity contribution in [2.45, 2.75) is 12.6 Å². The molecule has 2 rings (SSSR count). The van der Waals surface area contributed by atoms with Crippen molar-refractivity contribution in [2.75, 3.05) is 30.8 Å². The van der Waals surface area contributed by atoms with Gasteiger partial charge in [-0.05, 0) is 31.3 Å². The highest BCUT2D eigenvalue weighted by Crippen LogP contribution is 2.34. The number of carbonyl (C=O) groups is 2. The lowest BCUT2D eigenvalue weighted by molar-refractivity contribution is -0.137. The summed E-state index contributed by atoms with van der Waals surface area (Å²) in [5.41, 5.74) is -0.514. The predicted octanol–water partition coefficient (Wildman–Crippen LogP) is 3.60. The molecule has 2 amide bonds. The van der Waals surface area contributed by atoms with Crippen molar-refractivity contribution in [3.05, 3.63) is 60.2 Å². The van der Waals surface area contributed by atoms with Crippen LogP contribution in [0.1, 0.15) is 12.0 Å². The predicted molar refractivity (Wildman–Crippen MR) is 97.3 cm³/mol. The molecular weight excluding hydrogens is 359 g/mol. The molecule has 0 aliphatic carbocycles.